The molecule has 1 atom stereocenters. The number of amides is 3. The highest BCUT2D eigenvalue weighted by molar-refractivity contribution is 8.00. The van der Waals surface area contributed by atoms with Crippen LogP contribution in [0.25, 0.3) is 6.08 Å². The number of rotatable bonds is 14. The maximum absolute atomic E-state index is 14.9. The number of ether oxygens (including phenoxy) is 1. The summed E-state index contributed by atoms with van der Waals surface area (Å²) in [5.41, 5.74) is 3.55. The smallest absolute Gasteiger partial charge is 0.341 e. The van der Waals surface area contributed by atoms with Crippen LogP contribution in [0.3, 0.4) is 0 Å². The molecule has 1 aliphatic rings. The minimum absolute atomic E-state index is 0.0556. The highest BCUT2D eigenvalue weighted by atomic mass is 35.5. The highest BCUT2D eigenvalue weighted by Gasteiger charge is 2.32. The summed E-state index contributed by atoms with van der Waals surface area (Å²) < 4.78 is 20.4. The summed E-state index contributed by atoms with van der Waals surface area (Å²) in [6.07, 6.45) is 1.83. The number of benzene rings is 5. The summed E-state index contributed by atoms with van der Waals surface area (Å²) in [4.78, 5) is 58.9. The Bertz CT molecular complexity index is 2520. The molecule has 1 unspecified atom stereocenters. The van der Waals surface area contributed by atoms with Crippen molar-refractivity contribution in [2.24, 2.45) is 0 Å². The number of thioether (sulfide) groups is 1. The first kappa shape index (κ1) is 42.1. The second-order valence-electron chi connectivity index (χ2n) is 13.8. The molecule has 2 heterocycles. The molecule has 3 N–H and O–H groups in total. The molecule has 0 bridgehead atoms. The van der Waals surface area contributed by atoms with Crippen molar-refractivity contribution in [3.8, 4) is 0 Å². The van der Waals surface area contributed by atoms with Gasteiger partial charge in [-0.05, 0) is 78.6 Å². The average molecular weight is 859 g/mol. The summed E-state index contributed by atoms with van der Waals surface area (Å²) in [6, 6.07) is 38.8. The molecule has 304 valence electrons. The maximum atomic E-state index is 14.9. The van der Waals surface area contributed by atoms with Crippen LogP contribution in [0.1, 0.15) is 60.0 Å². The zero-order valence-corrected chi connectivity index (χ0v) is 34.8. The van der Waals surface area contributed by atoms with E-state index in [4.69, 9.17) is 16.3 Å². The zero-order chi connectivity index (χ0) is 42.0. The van der Waals surface area contributed by atoms with Crippen LogP contribution < -0.4 is 16.0 Å². The molecule has 6 aromatic rings. The fourth-order valence-electron chi connectivity index (χ4n) is 6.74. The summed E-state index contributed by atoms with van der Waals surface area (Å²) in [5, 5.41) is 8.23. The third-order valence-corrected chi connectivity index (χ3v) is 12.3. The summed E-state index contributed by atoms with van der Waals surface area (Å²) in [7, 11) is 0. The highest BCUT2D eigenvalue weighted by Crippen LogP contribution is 2.41. The Labute approximate surface area is 360 Å². The Morgan fingerprint density at radius 3 is 2.30 bits per heavy atom. The van der Waals surface area contributed by atoms with E-state index in [-0.39, 0.29) is 28.8 Å². The predicted molar refractivity (Wildman–Crippen MR) is 237 cm³/mol. The van der Waals surface area contributed by atoms with Gasteiger partial charge in [0, 0.05) is 46.2 Å². The lowest BCUT2D eigenvalue weighted by Crippen LogP contribution is -2.30. The van der Waals surface area contributed by atoms with Crippen LogP contribution >= 0.6 is 34.7 Å². The largest absolute Gasteiger partial charge is 0.462 e. The topological polar surface area (TPSA) is 117 Å². The Morgan fingerprint density at radius 2 is 1.58 bits per heavy atom. The number of carbonyl (C=O) groups is 4. The van der Waals surface area contributed by atoms with Gasteiger partial charge in [-0.2, -0.15) is 0 Å². The van der Waals surface area contributed by atoms with Gasteiger partial charge in [-0.25, -0.2) is 9.18 Å². The summed E-state index contributed by atoms with van der Waals surface area (Å²) in [6.45, 7) is 4.10. The van der Waals surface area contributed by atoms with Crippen molar-refractivity contribution < 1.29 is 28.3 Å². The van der Waals surface area contributed by atoms with Gasteiger partial charge in [-0.15, -0.1) is 23.1 Å². The van der Waals surface area contributed by atoms with Gasteiger partial charge >= 0.3 is 5.97 Å². The van der Waals surface area contributed by atoms with Crippen molar-refractivity contribution >= 4 is 75.2 Å². The number of nitrogens with one attached hydrogen (secondary N) is 3. The van der Waals surface area contributed by atoms with E-state index in [0.29, 0.717) is 39.7 Å². The number of carbonyl (C=O) groups excluding carboxylic acids is 4. The summed E-state index contributed by atoms with van der Waals surface area (Å²) in [5.74, 6) is -2.80. The number of anilines is 2. The van der Waals surface area contributed by atoms with E-state index in [0.717, 1.165) is 29.1 Å². The van der Waals surface area contributed by atoms with Crippen LogP contribution in [0.5, 0.6) is 0 Å². The van der Waals surface area contributed by atoms with Crippen LogP contribution in [-0.2, 0) is 33.8 Å². The van der Waals surface area contributed by atoms with E-state index in [1.54, 1.807) is 55.5 Å². The van der Waals surface area contributed by atoms with Gasteiger partial charge in [0.05, 0.1) is 17.2 Å². The second kappa shape index (κ2) is 19.8. The molecule has 0 aliphatic carbocycles. The number of fused-ring (bicyclic) bond motifs is 1. The number of hydrogen-bond donors (Lipinski definition) is 3. The Kier molecular flexibility index (Phi) is 13.9. The van der Waals surface area contributed by atoms with Crippen molar-refractivity contribution in [3.05, 3.63) is 188 Å². The fourth-order valence-corrected chi connectivity index (χ4v) is 9.32. The first-order valence-corrected chi connectivity index (χ1v) is 21.3. The van der Waals surface area contributed by atoms with Gasteiger partial charge in [0.25, 0.3) is 11.8 Å². The Hall–Kier alpha value is -6.05. The molecule has 0 fully saturated rings. The SMILES string of the molecule is CCOC(=O)c1c(NC(=O)C(Sc2cccc(NC(=O)/C(=C\c3c(F)cccc3Cl)NC(=O)c3ccccc3)c2)c2ccccc2)sc2c1CCN(Cc1ccccc1)C2. The molecular formula is C47H40ClFN4O5S2. The minimum atomic E-state index is -0.773. The summed E-state index contributed by atoms with van der Waals surface area (Å²) >= 11 is 8.95. The van der Waals surface area contributed by atoms with Crippen molar-refractivity contribution in [1.82, 2.24) is 10.2 Å². The first-order valence-electron chi connectivity index (χ1n) is 19.2. The fraction of sp³-hybridized carbons (Fsp3) is 0.149. The average Bonchev–Trinajstić information content (AvgIpc) is 3.61. The van der Waals surface area contributed by atoms with E-state index in [1.807, 2.05) is 54.6 Å². The molecule has 0 saturated heterocycles. The minimum Gasteiger partial charge on any atom is -0.462 e. The Morgan fingerprint density at radius 1 is 0.883 bits per heavy atom. The molecule has 3 amide bonds. The van der Waals surface area contributed by atoms with E-state index in [1.165, 1.54) is 52.9 Å². The monoisotopic (exact) mass is 858 g/mol. The predicted octanol–water partition coefficient (Wildman–Crippen LogP) is 10.2. The van der Waals surface area contributed by atoms with Gasteiger partial charge in [-0.3, -0.25) is 19.3 Å². The van der Waals surface area contributed by atoms with E-state index in [2.05, 4.69) is 33.0 Å². The van der Waals surface area contributed by atoms with Crippen molar-refractivity contribution in [2.75, 3.05) is 23.8 Å². The zero-order valence-electron chi connectivity index (χ0n) is 32.5. The number of hydrogen-bond acceptors (Lipinski definition) is 8. The molecule has 0 radical (unpaired) electrons. The molecule has 5 aromatic carbocycles. The van der Waals surface area contributed by atoms with Crippen LogP contribution in [0, 0.1) is 5.82 Å². The number of nitrogens with zero attached hydrogens (tertiary/aromatic N) is 1. The molecule has 60 heavy (non-hydrogen) atoms. The number of esters is 1. The van der Waals surface area contributed by atoms with Crippen molar-refractivity contribution in [2.45, 2.75) is 36.6 Å². The van der Waals surface area contributed by atoms with Crippen molar-refractivity contribution in [1.29, 1.82) is 0 Å². The molecule has 1 aromatic heterocycles. The van der Waals surface area contributed by atoms with Crippen LogP contribution in [0.2, 0.25) is 5.02 Å². The molecular weight excluding hydrogens is 819 g/mol. The van der Waals surface area contributed by atoms with Gasteiger partial charge in [0.2, 0.25) is 5.91 Å². The van der Waals surface area contributed by atoms with E-state index < -0.39 is 28.9 Å². The molecule has 13 heteroatoms. The van der Waals surface area contributed by atoms with E-state index >= 15 is 0 Å². The lowest BCUT2D eigenvalue weighted by atomic mass is 10.0. The molecule has 1 aliphatic heterocycles. The third kappa shape index (κ3) is 10.4. The number of thiophene rings is 1. The first-order chi connectivity index (χ1) is 29.2. The van der Waals surface area contributed by atoms with Crippen LogP contribution in [0.4, 0.5) is 15.1 Å². The standard InChI is InChI=1S/C47H40ClFN4O5S2/c1-2-58-47(57)41-35-24-25-53(28-30-14-6-3-7-15-30)29-40(35)60-46(41)52-45(56)42(31-16-8-4-9-17-31)59-34-21-12-20-33(26-34)50-44(55)39(27-36-37(48)22-13-23-38(36)49)51-43(54)32-18-10-5-11-19-32/h3-23,26-27,42H,2,24-25,28-29H2,1H3,(H,50,55)(H,51,54)(H,52,56)/b39-27+. The molecule has 9 nitrogen and oxygen atoms in total. The maximum Gasteiger partial charge on any atom is 0.341 e. The lowest BCUT2D eigenvalue weighted by molar-refractivity contribution is -0.116. The quantitative estimate of drug-likeness (QED) is 0.0567. The van der Waals surface area contributed by atoms with Gasteiger partial charge in [0.15, 0.2) is 0 Å². The van der Waals surface area contributed by atoms with Crippen LogP contribution in [-0.4, -0.2) is 41.7 Å². The third-order valence-electron chi connectivity index (χ3n) is 9.60. The lowest BCUT2D eigenvalue weighted by Gasteiger charge is -2.27. The Balaban J connectivity index is 1.13. The normalized spacial score (nSPS) is 13.2. The van der Waals surface area contributed by atoms with Gasteiger partial charge < -0.3 is 20.7 Å². The molecule has 0 spiro atoms. The van der Waals surface area contributed by atoms with Crippen LogP contribution in [0.15, 0.2) is 144 Å². The molecule has 0 saturated carbocycles. The van der Waals surface area contributed by atoms with Gasteiger partial charge in [0.1, 0.15) is 21.8 Å². The molecule has 7 rings (SSSR count). The van der Waals surface area contributed by atoms with Gasteiger partial charge in [-0.1, -0.05) is 103 Å². The second-order valence-corrected chi connectivity index (χ2v) is 16.5. The van der Waals surface area contributed by atoms with Crippen molar-refractivity contribution in [3.63, 3.8) is 0 Å². The number of halogens is 2. The van der Waals surface area contributed by atoms with E-state index in [9.17, 15) is 23.6 Å².